The van der Waals surface area contributed by atoms with E-state index in [1.54, 1.807) is 11.3 Å². The van der Waals surface area contributed by atoms with Crippen molar-refractivity contribution in [2.24, 2.45) is 0 Å². The van der Waals surface area contributed by atoms with Crippen LogP contribution < -0.4 is 4.74 Å². The maximum atomic E-state index is 11.0. The molecule has 1 N–H and O–H groups in total. The number of fused-ring (bicyclic) bond motifs is 1. The SMILES string of the molecule is CC[C@@H](O)C1=C(c2cccs2)Oc2ccccc2[C@@H]1c1ccccc1C. The molecule has 132 valence electrons. The Hall–Kier alpha value is -2.36. The lowest BCUT2D eigenvalue weighted by atomic mass is 9.77. The van der Waals surface area contributed by atoms with Gasteiger partial charge >= 0.3 is 0 Å². The number of hydrogen-bond acceptors (Lipinski definition) is 3. The number of hydrogen-bond donors (Lipinski definition) is 1. The lowest BCUT2D eigenvalue weighted by Crippen LogP contribution is -2.24. The molecule has 4 rings (SSSR count). The average Bonchev–Trinajstić information content (AvgIpc) is 3.21. The van der Waals surface area contributed by atoms with Crippen molar-refractivity contribution in [1.29, 1.82) is 0 Å². The van der Waals surface area contributed by atoms with E-state index in [0.717, 1.165) is 27.5 Å². The topological polar surface area (TPSA) is 29.5 Å². The first-order valence-corrected chi connectivity index (χ1v) is 9.87. The predicted molar refractivity (Wildman–Crippen MR) is 108 cm³/mol. The molecule has 0 spiro atoms. The molecular weight excluding hydrogens is 340 g/mol. The van der Waals surface area contributed by atoms with Crippen molar-refractivity contribution in [2.45, 2.75) is 32.3 Å². The summed E-state index contributed by atoms with van der Waals surface area (Å²) in [4.78, 5) is 1.06. The lowest BCUT2D eigenvalue weighted by Gasteiger charge is -2.33. The zero-order valence-corrected chi connectivity index (χ0v) is 15.8. The normalized spacial score (nSPS) is 17.6. The molecule has 2 aromatic carbocycles. The smallest absolute Gasteiger partial charge is 0.147 e. The Balaban J connectivity index is 2.01. The van der Waals surface area contributed by atoms with E-state index in [0.29, 0.717) is 6.42 Å². The number of benzene rings is 2. The van der Waals surface area contributed by atoms with Gasteiger partial charge in [-0.05, 0) is 42.0 Å². The molecule has 0 bridgehead atoms. The summed E-state index contributed by atoms with van der Waals surface area (Å²) in [7, 11) is 0. The lowest BCUT2D eigenvalue weighted by molar-refractivity contribution is 0.197. The highest BCUT2D eigenvalue weighted by Gasteiger charge is 2.35. The fourth-order valence-electron chi connectivity index (χ4n) is 3.69. The standard InChI is InChI=1S/C23H22O2S/c1-3-18(24)22-21(16-10-5-4-9-15(16)2)17-11-6-7-12-19(17)25-23(22)20-13-8-14-26-20/h4-14,18,21,24H,3H2,1-2H3/t18-,21+/m1/s1. The van der Waals surface area contributed by atoms with E-state index in [9.17, 15) is 5.11 Å². The molecule has 0 aliphatic carbocycles. The second-order valence-corrected chi connectivity index (χ2v) is 7.56. The molecule has 0 unspecified atom stereocenters. The van der Waals surface area contributed by atoms with E-state index in [4.69, 9.17) is 4.74 Å². The van der Waals surface area contributed by atoms with Crippen LogP contribution in [0.3, 0.4) is 0 Å². The van der Waals surface area contributed by atoms with E-state index in [2.05, 4.69) is 43.3 Å². The number of ether oxygens (including phenoxy) is 1. The van der Waals surface area contributed by atoms with Gasteiger partial charge in [0, 0.05) is 17.1 Å². The number of para-hydroxylation sites is 1. The highest BCUT2D eigenvalue weighted by Crippen LogP contribution is 2.48. The minimum atomic E-state index is -0.551. The summed E-state index contributed by atoms with van der Waals surface area (Å²) in [5.74, 6) is 1.67. The summed E-state index contributed by atoms with van der Waals surface area (Å²) in [6.07, 6.45) is 0.100. The van der Waals surface area contributed by atoms with Crippen LogP contribution in [0.4, 0.5) is 0 Å². The van der Waals surface area contributed by atoms with Crippen molar-refractivity contribution >= 4 is 17.1 Å². The van der Waals surface area contributed by atoms with Crippen molar-refractivity contribution in [3.05, 3.63) is 93.2 Å². The first-order valence-electron chi connectivity index (χ1n) is 8.99. The molecule has 0 amide bonds. The minimum Gasteiger partial charge on any atom is -0.455 e. The first-order chi connectivity index (χ1) is 12.7. The van der Waals surface area contributed by atoms with E-state index in [1.807, 2.05) is 36.6 Å². The van der Waals surface area contributed by atoms with Crippen molar-refractivity contribution in [1.82, 2.24) is 0 Å². The molecular formula is C23H22O2S. The number of aliphatic hydroxyl groups excluding tert-OH is 1. The van der Waals surface area contributed by atoms with Gasteiger partial charge in [-0.25, -0.2) is 0 Å². The molecule has 0 radical (unpaired) electrons. The fourth-order valence-corrected chi connectivity index (χ4v) is 4.42. The molecule has 0 saturated carbocycles. The monoisotopic (exact) mass is 362 g/mol. The summed E-state index contributed by atoms with van der Waals surface area (Å²) >= 11 is 1.64. The summed E-state index contributed by atoms with van der Waals surface area (Å²) in [6, 6.07) is 20.7. The Labute approximate surface area is 158 Å². The van der Waals surface area contributed by atoms with Crippen LogP contribution in [-0.4, -0.2) is 11.2 Å². The molecule has 3 aromatic rings. The average molecular weight is 362 g/mol. The Morgan fingerprint density at radius 1 is 1.00 bits per heavy atom. The third kappa shape index (κ3) is 2.87. The first kappa shape index (κ1) is 17.1. The minimum absolute atomic E-state index is 0.00630. The van der Waals surface area contributed by atoms with E-state index in [1.165, 1.54) is 11.1 Å². The molecule has 2 atom stereocenters. The van der Waals surface area contributed by atoms with Gasteiger partial charge in [-0.15, -0.1) is 11.3 Å². The van der Waals surface area contributed by atoms with Crippen LogP contribution in [0.25, 0.3) is 5.76 Å². The Morgan fingerprint density at radius 3 is 2.42 bits per heavy atom. The van der Waals surface area contributed by atoms with Crippen LogP contribution >= 0.6 is 11.3 Å². The van der Waals surface area contributed by atoms with Gasteiger partial charge in [-0.2, -0.15) is 0 Å². The molecule has 2 heterocycles. The predicted octanol–water partition coefficient (Wildman–Crippen LogP) is 5.76. The van der Waals surface area contributed by atoms with Crippen LogP contribution in [-0.2, 0) is 0 Å². The van der Waals surface area contributed by atoms with Gasteiger partial charge in [0.1, 0.15) is 11.5 Å². The highest BCUT2D eigenvalue weighted by atomic mass is 32.1. The number of aryl methyl sites for hydroxylation is 1. The molecule has 1 aromatic heterocycles. The van der Waals surface area contributed by atoms with Crippen LogP contribution in [0, 0.1) is 6.92 Å². The summed E-state index contributed by atoms with van der Waals surface area (Å²) in [5.41, 5.74) is 4.52. The molecule has 1 aliphatic heterocycles. The van der Waals surface area contributed by atoms with E-state index in [-0.39, 0.29) is 5.92 Å². The van der Waals surface area contributed by atoms with Crippen LogP contribution in [0.5, 0.6) is 5.75 Å². The number of rotatable bonds is 4. The maximum absolute atomic E-state index is 11.0. The van der Waals surface area contributed by atoms with Gasteiger partial charge < -0.3 is 9.84 Å². The quantitative estimate of drug-likeness (QED) is 0.639. The van der Waals surface area contributed by atoms with Gasteiger partial charge in [0.2, 0.25) is 0 Å². The van der Waals surface area contributed by atoms with E-state index < -0.39 is 6.10 Å². The Kier molecular flexibility index (Phi) is 4.66. The van der Waals surface area contributed by atoms with Gasteiger partial charge in [0.25, 0.3) is 0 Å². The molecule has 1 aliphatic rings. The van der Waals surface area contributed by atoms with Gasteiger partial charge in [-0.3, -0.25) is 0 Å². The zero-order valence-electron chi connectivity index (χ0n) is 15.0. The van der Waals surface area contributed by atoms with Crippen LogP contribution in [0.15, 0.2) is 71.6 Å². The largest absolute Gasteiger partial charge is 0.455 e. The van der Waals surface area contributed by atoms with Crippen molar-refractivity contribution < 1.29 is 9.84 Å². The Morgan fingerprint density at radius 2 is 1.73 bits per heavy atom. The van der Waals surface area contributed by atoms with Gasteiger partial charge in [-0.1, -0.05) is 55.5 Å². The third-order valence-corrected chi connectivity index (χ3v) is 5.87. The highest BCUT2D eigenvalue weighted by molar-refractivity contribution is 7.11. The second kappa shape index (κ2) is 7.10. The van der Waals surface area contributed by atoms with Crippen LogP contribution in [0.1, 0.15) is 40.8 Å². The summed E-state index contributed by atoms with van der Waals surface area (Å²) in [6.45, 7) is 4.15. The fraction of sp³-hybridized carbons (Fsp3) is 0.217. The molecule has 3 heteroatoms. The molecule has 0 fully saturated rings. The zero-order chi connectivity index (χ0) is 18.1. The molecule has 2 nitrogen and oxygen atoms in total. The number of aliphatic hydroxyl groups is 1. The molecule has 26 heavy (non-hydrogen) atoms. The van der Waals surface area contributed by atoms with Crippen LogP contribution in [0.2, 0.25) is 0 Å². The van der Waals surface area contributed by atoms with Crippen molar-refractivity contribution in [2.75, 3.05) is 0 Å². The third-order valence-electron chi connectivity index (χ3n) is 5.01. The summed E-state index contributed by atoms with van der Waals surface area (Å²) in [5, 5.41) is 13.0. The Bertz CT molecular complexity index is 940. The maximum Gasteiger partial charge on any atom is 0.147 e. The second-order valence-electron chi connectivity index (χ2n) is 6.62. The van der Waals surface area contributed by atoms with Crippen molar-refractivity contribution in [3.63, 3.8) is 0 Å². The number of thiophene rings is 1. The van der Waals surface area contributed by atoms with Gasteiger partial charge in [0.05, 0.1) is 11.0 Å². The van der Waals surface area contributed by atoms with E-state index >= 15 is 0 Å². The van der Waals surface area contributed by atoms with Gasteiger partial charge in [0.15, 0.2) is 0 Å². The van der Waals surface area contributed by atoms with Crippen molar-refractivity contribution in [3.8, 4) is 5.75 Å². The summed E-state index contributed by atoms with van der Waals surface area (Å²) < 4.78 is 6.33. The molecule has 0 saturated heterocycles.